The number of carboxylic acid groups (broad SMARTS) is 1. The number of ether oxygens (including phenoxy) is 1. The van der Waals surface area contributed by atoms with Crippen LogP contribution in [0, 0.1) is 5.92 Å². The number of carbonyl (C=O) groups is 1. The highest BCUT2D eigenvalue weighted by Crippen LogP contribution is 2.40. The smallest absolute Gasteiger partial charge is 0.325 e. The zero-order valence-electron chi connectivity index (χ0n) is 13.3. The Hall–Kier alpha value is -0.650. The van der Waals surface area contributed by atoms with E-state index in [1.807, 2.05) is 0 Å². The monoisotopic (exact) mass is 286 g/mol. The maximum atomic E-state index is 11.9. The van der Waals surface area contributed by atoms with Gasteiger partial charge in [-0.15, -0.1) is 0 Å². The number of nitrogens with zero attached hydrogens (tertiary/aromatic N) is 1. The van der Waals surface area contributed by atoms with Crippen LogP contribution in [-0.4, -0.2) is 60.9 Å². The van der Waals surface area contributed by atoms with Crippen LogP contribution in [0.5, 0.6) is 0 Å². The molecular formula is C15H30N2O3. The summed E-state index contributed by atoms with van der Waals surface area (Å²) in [7, 11) is 1.68. The molecule has 1 aliphatic carbocycles. The van der Waals surface area contributed by atoms with Gasteiger partial charge in [0.2, 0.25) is 0 Å². The van der Waals surface area contributed by atoms with E-state index in [9.17, 15) is 9.90 Å². The van der Waals surface area contributed by atoms with E-state index in [1.54, 1.807) is 7.11 Å². The first-order chi connectivity index (χ1) is 9.47. The van der Waals surface area contributed by atoms with Crippen molar-refractivity contribution in [2.75, 3.05) is 33.4 Å². The summed E-state index contributed by atoms with van der Waals surface area (Å²) in [6.45, 7) is 8.98. The highest BCUT2D eigenvalue weighted by Gasteiger charge is 2.51. The molecule has 0 bridgehead atoms. The fourth-order valence-corrected chi connectivity index (χ4v) is 2.62. The first-order valence-corrected chi connectivity index (χ1v) is 7.69. The van der Waals surface area contributed by atoms with Crippen LogP contribution in [0.3, 0.4) is 0 Å². The first-order valence-electron chi connectivity index (χ1n) is 7.69. The third-order valence-electron chi connectivity index (χ3n) is 4.11. The van der Waals surface area contributed by atoms with Crippen LogP contribution in [0.2, 0.25) is 0 Å². The van der Waals surface area contributed by atoms with Crippen molar-refractivity contribution in [1.29, 1.82) is 0 Å². The molecule has 1 rings (SSSR count). The van der Waals surface area contributed by atoms with Crippen LogP contribution in [0.15, 0.2) is 0 Å². The number of methoxy groups -OCH3 is 1. The lowest BCUT2D eigenvalue weighted by molar-refractivity contribution is -0.147. The van der Waals surface area contributed by atoms with Crippen molar-refractivity contribution in [3.8, 4) is 0 Å². The molecule has 0 saturated heterocycles. The Labute approximate surface area is 122 Å². The van der Waals surface area contributed by atoms with Gasteiger partial charge in [0.1, 0.15) is 5.54 Å². The summed E-state index contributed by atoms with van der Waals surface area (Å²) in [5.41, 5.74) is -0.798. The summed E-state index contributed by atoms with van der Waals surface area (Å²) >= 11 is 0. The highest BCUT2D eigenvalue weighted by atomic mass is 16.5. The second kappa shape index (κ2) is 7.96. The molecule has 1 aliphatic rings. The predicted molar refractivity (Wildman–Crippen MR) is 80.0 cm³/mol. The molecule has 118 valence electrons. The number of aliphatic carboxylic acids is 1. The van der Waals surface area contributed by atoms with Gasteiger partial charge in [-0.2, -0.15) is 0 Å². The molecule has 1 fully saturated rings. The van der Waals surface area contributed by atoms with Crippen molar-refractivity contribution >= 4 is 5.97 Å². The van der Waals surface area contributed by atoms with Gasteiger partial charge in [0.15, 0.2) is 0 Å². The Kier molecular flexibility index (Phi) is 6.92. The summed E-state index contributed by atoms with van der Waals surface area (Å²) < 4.78 is 5.15. The van der Waals surface area contributed by atoms with E-state index in [2.05, 4.69) is 31.0 Å². The van der Waals surface area contributed by atoms with E-state index < -0.39 is 11.5 Å². The third-order valence-corrected chi connectivity index (χ3v) is 4.11. The Morgan fingerprint density at radius 3 is 2.55 bits per heavy atom. The molecule has 0 aromatic rings. The SMILES string of the molecule is CCCNC(CN(CCOC)C(C)C)(C(=O)O)C1CC1. The van der Waals surface area contributed by atoms with Crippen LogP contribution in [0.4, 0.5) is 0 Å². The second-order valence-electron chi connectivity index (χ2n) is 6.03. The number of nitrogens with one attached hydrogen (secondary N) is 1. The average molecular weight is 286 g/mol. The minimum absolute atomic E-state index is 0.260. The number of hydrogen-bond donors (Lipinski definition) is 2. The maximum absolute atomic E-state index is 11.9. The molecule has 0 heterocycles. The summed E-state index contributed by atoms with van der Waals surface area (Å²) in [6.07, 6.45) is 2.97. The van der Waals surface area contributed by atoms with Crippen molar-refractivity contribution in [2.24, 2.45) is 5.92 Å². The van der Waals surface area contributed by atoms with Crippen LogP contribution >= 0.6 is 0 Å². The van der Waals surface area contributed by atoms with Gasteiger partial charge in [0.05, 0.1) is 6.61 Å². The fourth-order valence-electron chi connectivity index (χ4n) is 2.62. The van der Waals surface area contributed by atoms with E-state index in [0.717, 1.165) is 32.4 Å². The zero-order valence-corrected chi connectivity index (χ0v) is 13.3. The van der Waals surface area contributed by atoms with Gasteiger partial charge in [0.25, 0.3) is 0 Å². The molecule has 5 nitrogen and oxygen atoms in total. The quantitative estimate of drug-likeness (QED) is 0.604. The van der Waals surface area contributed by atoms with Crippen molar-refractivity contribution < 1.29 is 14.6 Å². The molecule has 0 spiro atoms. The Bertz CT molecular complexity index is 305. The summed E-state index contributed by atoms with van der Waals surface area (Å²) in [5, 5.41) is 13.1. The summed E-state index contributed by atoms with van der Waals surface area (Å²) in [6, 6.07) is 0.311. The van der Waals surface area contributed by atoms with E-state index in [4.69, 9.17) is 4.74 Å². The molecule has 20 heavy (non-hydrogen) atoms. The summed E-state index contributed by atoms with van der Waals surface area (Å²) in [4.78, 5) is 14.1. The van der Waals surface area contributed by atoms with Crippen LogP contribution in [0.25, 0.3) is 0 Å². The lowest BCUT2D eigenvalue weighted by Crippen LogP contribution is -2.62. The predicted octanol–water partition coefficient (Wildman–Crippen LogP) is 1.58. The number of carboxylic acids is 1. The molecule has 0 amide bonds. The molecule has 5 heteroatoms. The van der Waals surface area contributed by atoms with Gasteiger partial charge in [-0.25, -0.2) is 0 Å². The number of hydrogen-bond acceptors (Lipinski definition) is 4. The average Bonchev–Trinajstić information content (AvgIpc) is 3.22. The van der Waals surface area contributed by atoms with Gasteiger partial charge in [0, 0.05) is 26.2 Å². The molecule has 0 aliphatic heterocycles. The molecule has 1 saturated carbocycles. The fraction of sp³-hybridized carbons (Fsp3) is 0.933. The normalized spacial score (nSPS) is 18.5. The van der Waals surface area contributed by atoms with Gasteiger partial charge < -0.3 is 15.2 Å². The van der Waals surface area contributed by atoms with Crippen LogP contribution in [-0.2, 0) is 9.53 Å². The molecular weight excluding hydrogens is 256 g/mol. The van der Waals surface area contributed by atoms with Crippen LogP contribution < -0.4 is 5.32 Å². The molecule has 0 aromatic carbocycles. The van der Waals surface area contributed by atoms with Gasteiger partial charge in [-0.1, -0.05) is 6.92 Å². The van der Waals surface area contributed by atoms with Gasteiger partial charge in [-0.3, -0.25) is 9.69 Å². The van der Waals surface area contributed by atoms with E-state index in [0.29, 0.717) is 19.2 Å². The molecule has 1 atom stereocenters. The summed E-state index contributed by atoms with van der Waals surface area (Å²) in [5.74, 6) is -0.452. The zero-order chi connectivity index (χ0) is 15.2. The van der Waals surface area contributed by atoms with Crippen molar-refractivity contribution in [3.63, 3.8) is 0 Å². The van der Waals surface area contributed by atoms with Crippen molar-refractivity contribution in [3.05, 3.63) is 0 Å². The highest BCUT2D eigenvalue weighted by molar-refractivity contribution is 5.80. The third kappa shape index (κ3) is 4.43. The van der Waals surface area contributed by atoms with Crippen molar-refractivity contribution in [2.45, 2.75) is 51.6 Å². The minimum atomic E-state index is -0.798. The lowest BCUT2D eigenvalue weighted by Gasteiger charge is -2.38. The largest absolute Gasteiger partial charge is 0.480 e. The molecule has 0 radical (unpaired) electrons. The van der Waals surface area contributed by atoms with E-state index >= 15 is 0 Å². The minimum Gasteiger partial charge on any atom is -0.480 e. The Morgan fingerprint density at radius 2 is 2.15 bits per heavy atom. The van der Waals surface area contributed by atoms with Gasteiger partial charge in [-0.05, 0) is 45.6 Å². The Balaban J connectivity index is 2.82. The molecule has 2 N–H and O–H groups in total. The van der Waals surface area contributed by atoms with Crippen LogP contribution in [0.1, 0.15) is 40.0 Å². The topological polar surface area (TPSA) is 61.8 Å². The Morgan fingerprint density at radius 1 is 1.50 bits per heavy atom. The maximum Gasteiger partial charge on any atom is 0.325 e. The molecule has 0 aromatic heterocycles. The van der Waals surface area contributed by atoms with E-state index in [-0.39, 0.29) is 5.92 Å². The second-order valence-corrected chi connectivity index (χ2v) is 6.03. The standard InChI is InChI=1S/C15H30N2O3/c1-5-8-16-15(14(18)19,13-6-7-13)11-17(12(2)3)9-10-20-4/h12-13,16H,5-11H2,1-4H3,(H,18,19). The van der Waals surface area contributed by atoms with Crippen molar-refractivity contribution in [1.82, 2.24) is 10.2 Å². The lowest BCUT2D eigenvalue weighted by atomic mass is 9.91. The number of rotatable bonds is 11. The first kappa shape index (κ1) is 17.4. The molecule has 1 unspecified atom stereocenters. The van der Waals surface area contributed by atoms with E-state index in [1.165, 1.54) is 0 Å². The van der Waals surface area contributed by atoms with Gasteiger partial charge >= 0.3 is 5.97 Å².